The van der Waals surface area contributed by atoms with Gasteiger partial charge in [-0.2, -0.15) is 0 Å². The number of fused-ring (bicyclic) bond motifs is 1. The second-order valence-corrected chi connectivity index (χ2v) is 10.5. The number of aromatic amines is 1. The molecule has 2 amide bonds. The maximum Gasteiger partial charge on any atom is 0.269 e. The number of nitrogens with zero attached hydrogens (tertiary/aromatic N) is 3. The maximum absolute atomic E-state index is 13.6. The highest BCUT2D eigenvalue weighted by Gasteiger charge is 2.42. The van der Waals surface area contributed by atoms with Crippen LogP contribution in [-0.4, -0.2) is 84.5 Å². The Bertz CT molecular complexity index is 1010. The van der Waals surface area contributed by atoms with Gasteiger partial charge in [0.15, 0.2) is 5.66 Å². The summed E-state index contributed by atoms with van der Waals surface area (Å²) in [6.07, 6.45) is 4.60. The number of nitrogens with one attached hydrogen (secondary N) is 2. The van der Waals surface area contributed by atoms with Crippen molar-refractivity contribution in [2.75, 3.05) is 47.3 Å². The van der Waals surface area contributed by atoms with Crippen LogP contribution in [0, 0.1) is 11.8 Å². The van der Waals surface area contributed by atoms with Gasteiger partial charge in [0.1, 0.15) is 5.69 Å². The van der Waals surface area contributed by atoms with E-state index in [0.29, 0.717) is 16.6 Å². The van der Waals surface area contributed by atoms with Gasteiger partial charge in [-0.1, -0.05) is 11.6 Å². The zero-order chi connectivity index (χ0) is 23.8. The number of H-pyrrole nitrogens is 1. The van der Waals surface area contributed by atoms with Crippen LogP contribution >= 0.6 is 24.0 Å². The molecule has 7 nitrogen and oxygen atoms in total. The summed E-state index contributed by atoms with van der Waals surface area (Å²) in [5, 5.41) is 4.47. The van der Waals surface area contributed by atoms with Crippen molar-refractivity contribution >= 4 is 46.7 Å². The zero-order valence-corrected chi connectivity index (χ0v) is 22.1. The third kappa shape index (κ3) is 5.54. The fraction of sp³-hybridized carbons (Fsp3) is 0.600. The van der Waals surface area contributed by atoms with Crippen molar-refractivity contribution in [2.24, 2.45) is 11.8 Å². The Morgan fingerprint density at radius 3 is 2.24 bits per heavy atom. The largest absolute Gasteiger partial charge is 0.351 e. The van der Waals surface area contributed by atoms with Crippen LogP contribution in [0.3, 0.4) is 0 Å². The predicted molar refractivity (Wildman–Crippen MR) is 140 cm³/mol. The molecule has 0 unspecified atom stereocenters. The quantitative estimate of drug-likeness (QED) is 0.600. The molecule has 9 heteroatoms. The van der Waals surface area contributed by atoms with Crippen molar-refractivity contribution in [2.45, 2.75) is 38.3 Å². The van der Waals surface area contributed by atoms with Crippen molar-refractivity contribution in [3.8, 4) is 0 Å². The highest BCUT2D eigenvalue weighted by atomic mass is 35.5. The summed E-state index contributed by atoms with van der Waals surface area (Å²) in [4.78, 5) is 36.0. The predicted octanol–water partition coefficient (Wildman–Crippen LogP) is 3.83. The zero-order valence-electron chi connectivity index (χ0n) is 20.6. The number of amides is 2. The Morgan fingerprint density at radius 1 is 1.06 bits per heavy atom. The molecule has 2 aromatic rings. The lowest BCUT2D eigenvalue weighted by atomic mass is 9.78. The van der Waals surface area contributed by atoms with E-state index in [2.05, 4.69) is 22.2 Å². The van der Waals surface area contributed by atoms with E-state index < -0.39 is 5.66 Å². The molecular weight excluding hydrogens is 473 g/mol. The Balaban J connectivity index is 0.00000324. The molecule has 0 bridgehead atoms. The van der Waals surface area contributed by atoms with E-state index in [-0.39, 0.29) is 24.2 Å². The van der Waals surface area contributed by atoms with E-state index in [9.17, 15) is 9.59 Å². The minimum Gasteiger partial charge on any atom is -0.351 e. The van der Waals surface area contributed by atoms with Crippen molar-refractivity contribution in [1.29, 1.82) is 0 Å². The number of likely N-dealkylation sites (tertiary alicyclic amines) is 2. The van der Waals surface area contributed by atoms with E-state index in [1.807, 2.05) is 31.1 Å². The fourth-order valence-corrected chi connectivity index (χ4v) is 5.43. The second-order valence-electron chi connectivity index (χ2n) is 10.1. The molecule has 2 N–H and O–H groups in total. The molecule has 2 fully saturated rings. The summed E-state index contributed by atoms with van der Waals surface area (Å²) < 4.78 is 0. The molecule has 4 rings (SSSR count). The number of rotatable bonds is 5. The summed E-state index contributed by atoms with van der Waals surface area (Å²) in [6.45, 7) is 5.64. The van der Waals surface area contributed by atoms with Crippen molar-refractivity contribution in [1.82, 2.24) is 25.0 Å². The first-order valence-corrected chi connectivity index (χ1v) is 12.3. The highest BCUT2D eigenvalue weighted by Crippen LogP contribution is 2.33. The molecule has 1 aromatic carbocycles. The molecule has 2 aliphatic heterocycles. The third-order valence-corrected chi connectivity index (χ3v) is 7.99. The summed E-state index contributed by atoms with van der Waals surface area (Å²) in [7, 11) is 5.85. The number of carbonyl (C=O) groups is 2. The van der Waals surface area contributed by atoms with Gasteiger partial charge in [-0.05, 0) is 103 Å². The SMILES string of the molecule is CN1CCC(C2CCN(C(=O)[C@@](C)(NC(=O)c3cc4cc(Cl)ccc4[nH]3)N(C)C)CC2)CC1.Cl. The smallest absolute Gasteiger partial charge is 0.269 e. The van der Waals surface area contributed by atoms with Gasteiger partial charge < -0.3 is 20.1 Å². The van der Waals surface area contributed by atoms with Crippen molar-refractivity contribution in [3.63, 3.8) is 0 Å². The lowest BCUT2D eigenvalue weighted by molar-refractivity contribution is -0.145. The number of likely N-dealkylation sites (N-methyl/N-ethyl adjacent to an activating group) is 1. The van der Waals surface area contributed by atoms with Crippen LogP contribution in [0.25, 0.3) is 10.9 Å². The molecule has 1 atom stereocenters. The van der Waals surface area contributed by atoms with E-state index in [1.165, 1.54) is 25.9 Å². The molecule has 3 heterocycles. The Morgan fingerprint density at radius 2 is 1.65 bits per heavy atom. The van der Waals surface area contributed by atoms with Crippen LogP contribution in [0.15, 0.2) is 24.3 Å². The standard InChI is InChI=1S/C25H36ClN5O2.ClH/c1-25(29(2)3,28-23(32)22-16-19-15-20(26)5-6-21(19)27-22)24(33)31-13-9-18(10-14-31)17-7-11-30(4)12-8-17;/h5-6,15-18,27H,7-14H2,1-4H3,(H,28,32);1H/t25-;/m0./s1. The Labute approximate surface area is 213 Å². The maximum atomic E-state index is 13.6. The van der Waals surface area contributed by atoms with Gasteiger partial charge in [-0.15, -0.1) is 12.4 Å². The average molecular weight is 511 g/mol. The normalized spacial score (nSPS) is 20.2. The number of hydrogen-bond acceptors (Lipinski definition) is 4. The number of aromatic nitrogens is 1. The number of benzene rings is 1. The van der Waals surface area contributed by atoms with Gasteiger partial charge in [0.05, 0.1) is 0 Å². The van der Waals surface area contributed by atoms with Gasteiger partial charge in [0.25, 0.3) is 11.8 Å². The summed E-state index contributed by atoms with van der Waals surface area (Å²) in [5.41, 5.74) is 0.111. The topological polar surface area (TPSA) is 71.7 Å². The van der Waals surface area contributed by atoms with Gasteiger partial charge in [-0.3, -0.25) is 14.5 Å². The summed E-state index contributed by atoms with van der Waals surface area (Å²) in [6, 6.07) is 7.21. The monoisotopic (exact) mass is 509 g/mol. The number of halogens is 2. The van der Waals surface area contributed by atoms with E-state index in [1.54, 1.807) is 24.0 Å². The molecule has 1 aromatic heterocycles. The molecule has 2 saturated heterocycles. The van der Waals surface area contributed by atoms with E-state index in [0.717, 1.165) is 42.8 Å². The van der Waals surface area contributed by atoms with Gasteiger partial charge >= 0.3 is 0 Å². The lowest BCUT2D eigenvalue weighted by Gasteiger charge is -2.43. The molecule has 0 spiro atoms. The van der Waals surface area contributed by atoms with Crippen LogP contribution in [0.1, 0.15) is 43.1 Å². The Kier molecular flexibility index (Phi) is 8.56. The van der Waals surface area contributed by atoms with Crippen molar-refractivity contribution in [3.05, 3.63) is 35.0 Å². The first-order valence-electron chi connectivity index (χ1n) is 11.9. The van der Waals surface area contributed by atoms with Crippen LogP contribution in [-0.2, 0) is 4.79 Å². The van der Waals surface area contributed by atoms with Gasteiger partial charge in [0.2, 0.25) is 0 Å². The fourth-order valence-electron chi connectivity index (χ4n) is 5.25. The van der Waals surface area contributed by atoms with Crippen LogP contribution in [0.5, 0.6) is 0 Å². The average Bonchev–Trinajstić information content (AvgIpc) is 3.22. The van der Waals surface area contributed by atoms with E-state index >= 15 is 0 Å². The molecule has 188 valence electrons. The molecule has 34 heavy (non-hydrogen) atoms. The molecule has 2 aliphatic rings. The van der Waals surface area contributed by atoms with Crippen LogP contribution < -0.4 is 5.32 Å². The number of carbonyl (C=O) groups excluding carboxylic acids is 2. The van der Waals surface area contributed by atoms with Gasteiger partial charge in [-0.25, -0.2) is 0 Å². The molecule has 0 radical (unpaired) electrons. The highest BCUT2D eigenvalue weighted by molar-refractivity contribution is 6.31. The van der Waals surface area contributed by atoms with Crippen molar-refractivity contribution < 1.29 is 9.59 Å². The molecule has 0 aliphatic carbocycles. The first kappa shape index (κ1) is 26.8. The summed E-state index contributed by atoms with van der Waals surface area (Å²) >= 11 is 6.08. The second kappa shape index (κ2) is 10.9. The minimum atomic E-state index is -1.13. The first-order chi connectivity index (χ1) is 15.7. The van der Waals surface area contributed by atoms with Crippen LogP contribution in [0.4, 0.5) is 0 Å². The van der Waals surface area contributed by atoms with E-state index in [4.69, 9.17) is 11.6 Å². The molecule has 0 saturated carbocycles. The number of hydrogen-bond donors (Lipinski definition) is 2. The molecular formula is C25H37Cl2N5O2. The minimum absolute atomic E-state index is 0. The summed E-state index contributed by atoms with van der Waals surface area (Å²) in [5.74, 6) is 1.10. The lowest BCUT2D eigenvalue weighted by Crippen LogP contribution is -2.66. The van der Waals surface area contributed by atoms with Crippen LogP contribution in [0.2, 0.25) is 5.02 Å². The van der Waals surface area contributed by atoms with Gasteiger partial charge in [0, 0.05) is 29.0 Å². The Hall–Kier alpha value is -1.80. The number of piperidine rings is 2. The third-order valence-electron chi connectivity index (χ3n) is 7.75.